The highest BCUT2D eigenvalue weighted by Crippen LogP contribution is 2.49. The molecule has 1 N–H and O–H groups in total. The number of carbonyl (C=O) groups is 2. The topological polar surface area (TPSA) is 49.4 Å². The van der Waals surface area contributed by atoms with Gasteiger partial charge in [-0.1, -0.05) is 55.2 Å². The maximum Gasteiger partial charge on any atom is 0.405 e. The Labute approximate surface area is 178 Å². The van der Waals surface area contributed by atoms with Crippen LogP contribution in [-0.4, -0.2) is 11.9 Å². The van der Waals surface area contributed by atoms with E-state index in [0.717, 1.165) is 4.90 Å². The van der Waals surface area contributed by atoms with E-state index < -0.39 is 12.2 Å². The third kappa shape index (κ3) is 3.53. The summed E-state index contributed by atoms with van der Waals surface area (Å²) in [7, 11) is 0. The second-order valence-corrected chi connectivity index (χ2v) is 9.01. The molecule has 4 rings (SSSR count). The average Bonchev–Trinajstić information content (AvgIpc) is 2.74. The summed E-state index contributed by atoms with van der Waals surface area (Å²) in [6, 6.07) is 10.7. The molecule has 0 aromatic heterocycles. The Morgan fingerprint density at radius 1 is 1.17 bits per heavy atom. The number of anilines is 2. The van der Waals surface area contributed by atoms with Crippen LogP contribution in [0, 0.1) is 5.41 Å². The predicted octanol–water partition coefficient (Wildman–Crippen LogP) is 6.70. The first-order valence-electron chi connectivity index (χ1n) is 9.24. The number of nitrogens with zero attached hydrogens (tertiary/aromatic N) is 1. The highest BCUT2D eigenvalue weighted by Gasteiger charge is 2.44. The van der Waals surface area contributed by atoms with Crippen LogP contribution >= 0.6 is 23.2 Å². The molecular formula is C22H19Cl2FN2O2. The van der Waals surface area contributed by atoms with Crippen molar-refractivity contribution in [1.29, 1.82) is 0 Å². The molecule has 0 spiro atoms. The van der Waals surface area contributed by atoms with E-state index in [2.05, 4.69) is 5.32 Å². The first-order chi connectivity index (χ1) is 13.7. The Bertz CT molecular complexity index is 1060. The summed E-state index contributed by atoms with van der Waals surface area (Å²) in [6.07, 6.45) is -0.792. The first-order valence-corrected chi connectivity index (χ1v) is 9.99. The summed E-state index contributed by atoms with van der Waals surface area (Å²) in [6.45, 7) is 4.02. The second-order valence-electron chi connectivity index (χ2n) is 8.17. The lowest BCUT2D eigenvalue weighted by molar-refractivity contribution is -0.118. The van der Waals surface area contributed by atoms with Crippen LogP contribution in [0.3, 0.4) is 0 Å². The van der Waals surface area contributed by atoms with Gasteiger partial charge in [-0.25, -0.2) is 4.79 Å². The fourth-order valence-electron chi connectivity index (χ4n) is 4.20. The van der Waals surface area contributed by atoms with E-state index in [1.807, 2.05) is 13.8 Å². The van der Waals surface area contributed by atoms with E-state index in [1.54, 1.807) is 36.4 Å². The largest absolute Gasteiger partial charge is 0.405 e. The minimum absolute atomic E-state index is 0.140. The first kappa shape index (κ1) is 19.9. The average molecular weight is 433 g/mol. The molecule has 0 bridgehead atoms. The highest BCUT2D eigenvalue weighted by molar-refractivity contribution is 6.35. The quantitative estimate of drug-likeness (QED) is 0.402. The summed E-state index contributed by atoms with van der Waals surface area (Å²) in [4.78, 5) is 26.5. The molecule has 150 valence electrons. The Kier molecular flexibility index (Phi) is 4.91. The number of benzene rings is 2. The van der Waals surface area contributed by atoms with Crippen LogP contribution in [0.1, 0.15) is 38.3 Å². The number of hydrogen-bond donors (Lipinski definition) is 1. The molecule has 0 fully saturated rings. The fourth-order valence-corrected chi connectivity index (χ4v) is 4.71. The normalized spacial score (nSPS) is 20.5. The summed E-state index contributed by atoms with van der Waals surface area (Å²) < 4.78 is 14.5. The van der Waals surface area contributed by atoms with Crippen LogP contribution in [0.4, 0.5) is 20.6 Å². The van der Waals surface area contributed by atoms with Crippen molar-refractivity contribution in [2.75, 3.05) is 10.2 Å². The van der Waals surface area contributed by atoms with Crippen LogP contribution in [0.5, 0.6) is 0 Å². The van der Waals surface area contributed by atoms with Gasteiger partial charge in [0.25, 0.3) is 0 Å². The third-order valence-corrected chi connectivity index (χ3v) is 5.91. The number of nitrogens with one attached hydrogen (secondary N) is 1. The number of carbonyl (C=O) groups excluding carboxylic acids is 2. The predicted molar refractivity (Wildman–Crippen MR) is 113 cm³/mol. The Morgan fingerprint density at radius 3 is 2.59 bits per heavy atom. The summed E-state index contributed by atoms with van der Waals surface area (Å²) in [5, 5.41) is 3.97. The molecule has 0 saturated heterocycles. The Hall–Kier alpha value is -2.37. The van der Waals surface area contributed by atoms with Crippen molar-refractivity contribution in [1.82, 2.24) is 0 Å². The van der Waals surface area contributed by atoms with Gasteiger partial charge in [0, 0.05) is 27.7 Å². The van der Waals surface area contributed by atoms with Crippen molar-refractivity contribution < 1.29 is 14.0 Å². The van der Waals surface area contributed by atoms with Crippen LogP contribution in [0.25, 0.3) is 0 Å². The number of Topliss-reactive ketones (excluding diaryl/α,β-unsaturated/α-hetero) is 1. The number of para-hydroxylation sites is 2. The van der Waals surface area contributed by atoms with Crippen molar-refractivity contribution in [3.8, 4) is 0 Å². The zero-order valence-corrected chi connectivity index (χ0v) is 17.4. The minimum atomic E-state index is -1.67. The van der Waals surface area contributed by atoms with Crippen molar-refractivity contribution in [3.63, 3.8) is 0 Å². The number of rotatable bonds is 1. The molecule has 1 amide bonds. The van der Waals surface area contributed by atoms with E-state index in [9.17, 15) is 14.0 Å². The van der Waals surface area contributed by atoms with E-state index in [-0.39, 0.29) is 16.2 Å². The van der Waals surface area contributed by atoms with Gasteiger partial charge in [0.1, 0.15) is 0 Å². The van der Waals surface area contributed by atoms with Gasteiger partial charge in [0.05, 0.1) is 17.4 Å². The zero-order chi connectivity index (χ0) is 20.9. The van der Waals surface area contributed by atoms with Crippen LogP contribution in [-0.2, 0) is 4.79 Å². The molecule has 0 saturated carbocycles. The van der Waals surface area contributed by atoms with Crippen molar-refractivity contribution in [2.24, 2.45) is 5.41 Å². The molecule has 1 heterocycles. The lowest BCUT2D eigenvalue weighted by Gasteiger charge is -2.36. The lowest BCUT2D eigenvalue weighted by atomic mass is 9.73. The van der Waals surface area contributed by atoms with Gasteiger partial charge in [-0.2, -0.15) is 0 Å². The molecule has 29 heavy (non-hydrogen) atoms. The van der Waals surface area contributed by atoms with Crippen molar-refractivity contribution >= 4 is 46.5 Å². The van der Waals surface area contributed by atoms with Gasteiger partial charge in [0.15, 0.2) is 5.78 Å². The molecular weight excluding hydrogens is 414 g/mol. The van der Waals surface area contributed by atoms with E-state index >= 15 is 0 Å². The molecule has 2 aliphatic rings. The molecule has 4 nitrogen and oxygen atoms in total. The highest BCUT2D eigenvalue weighted by atomic mass is 35.5. The smallest absolute Gasteiger partial charge is 0.357 e. The fraction of sp³-hybridized carbons (Fsp3) is 0.273. The molecule has 1 atom stereocenters. The van der Waals surface area contributed by atoms with E-state index in [1.165, 1.54) is 6.07 Å². The van der Waals surface area contributed by atoms with Crippen molar-refractivity contribution in [3.05, 3.63) is 69.3 Å². The van der Waals surface area contributed by atoms with Crippen LogP contribution in [0.2, 0.25) is 10.0 Å². The second kappa shape index (κ2) is 7.15. The van der Waals surface area contributed by atoms with Crippen LogP contribution in [0.15, 0.2) is 53.7 Å². The number of halogens is 3. The summed E-state index contributed by atoms with van der Waals surface area (Å²) in [5.74, 6) is -0.140. The zero-order valence-electron chi connectivity index (χ0n) is 15.9. The van der Waals surface area contributed by atoms with Gasteiger partial charge in [-0.3, -0.25) is 9.69 Å². The maximum absolute atomic E-state index is 14.5. The molecule has 1 unspecified atom stereocenters. The van der Waals surface area contributed by atoms with Gasteiger partial charge in [-0.05, 0) is 41.7 Å². The molecule has 2 aromatic carbocycles. The van der Waals surface area contributed by atoms with Crippen molar-refractivity contribution in [2.45, 2.75) is 32.7 Å². The van der Waals surface area contributed by atoms with Gasteiger partial charge < -0.3 is 5.32 Å². The number of ketones is 1. The standard InChI is InChI=1S/C22H19Cl2FN2O2/c1-22(2)10-16-19(18(28)11-22)20(13-8-7-12(23)9-14(13)24)27(21(25)29)17-6-4-3-5-15(17)26-16/h3-9,20,26H,10-11H2,1-2H3. The SMILES string of the molecule is CC1(C)CC(=O)C2=C(C1)Nc1ccccc1N(C(=O)F)C2c1ccc(Cl)cc1Cl. The molecule has 7 heteroatoms. The number of fused-ring (bicyclic) bond motifs is 1. The Morgan fingerprint density at radius 2 is 1.90 bits per heavy atom. The van der Waals surface area contributed by atoms with Crippen LogP contribution < -0.4 is 10.2 Å². The molecule has 1 aliphatic heterocycles. The number of hydrogen-bond acceptors (Lipinski definition) is 3. The minimum Gasteiger partial charge on any atom is -0.357 e. The monoisotopic (exact) mass is 432 g/mol. The molecule has 1 aliphatic carbocycles. The Balaban J connectivity index is 2.04. The lowest BCUT2D eigenvalue weighted by Crippen LogP contribution is -2.37. The van der Waals surface area contributed by atoms with E-state index in [0.29, 0.717) is 46.1 Å². The number of amides is 1. The van der Waals surface area contributed by atoms with E-state index in [4.69, 9.17) is 23.2 Å². The van der Waals surface area contributed by atoms with Gasteiger partial charge in [-0.15, -0.1) is 4.39 Å². The van der Waals surface area contributed by atoms with Gasteiger partial charge in [0.2, 0.25) is 0 Å². The maximum atomic E-state index is 14.5. The van der Waals surface area contributed by atoms with Gasteiger partial charge >= 0.3 is 6.16 Å². The summed E-state index contributed by atoms with van der Waals surface area (Å²) >= 11 is 12.5. The third-order valence-electron chi connectivity index (χ3n) is 5.35. The summed E-state index contributed by atoms with van der Waals surface area (Å²) in [5.41, 5.74) is 2.12. The number of allylic oxidation sites excluding steroid dienone is 1. The molecule has 2 aromatic rings. The molecule has 0 radical (unpaired) electrons.